The zero-order chi connectivity index (χ0) is 13.3. The highest BCUT2D eigenvalue weighted by atomic mass is 16.6. The van der Waals surface area contributed by atoms with Crippen LogP contribution in [0.15, 0.2) is 34.7 Å². The number of rotatable bonds is 3. The summed E-state index contributed by atoms with van der Waals surface area (Å²) in [5, 5.41) is 10.7. The topological polar surface area (TPSA) is 99.4 Å². The molecule has 0 aliphatic heterocycles. The van der Waals surface area contributed by atoms with Gasteiger partial charge in [-0.15, -0.1) is 0 Å². The van der Waals surface area contributed by atoms with Crippen molar-refractivity contribution in [3.8, 4) is 11.3 Å². The number of nitro benzene ring substituents is 1. The number of nitrogens with zero attached hydrogens (tertiary/aromatic N) is 1. The fourth-order valence-corrected chi connectivity index (χ4v) is 1.60. The van der Waals surface area contributed by atoms with E-state index in [4.69, 9.17) is 10.2 Å². The lowest BCUT2D eigenvalue weighted by Crippen LogP contribution is -2.09. The van der Waals surface area contributed by atoms with Crippen LogP contribution in [0.3, 0.4) is 0 Å². The van der Waals surface area contributed by atoms with Crippen LogP contribution in [0.4, 0.5) is 5.69 Å². The summed E-state index contributed by atoms with van der Waals surface area (Å²) in [6.07, 6.45) is 0. The van der Waals surface area contributed by atoms with E-state index in [1.807, 2.05) is 0 Å². The van der Waals surface area contributed by atoms with Crippen molar-refractivity contribution >= 4 is 11.6 Å². The van der Waals surface area contributed by atoms with E-state index in [0.29, 0.717) is 11.3 Å². The van der Waals surface area contributed by atoms with Gasteiger partial charge >= 0.3 is 0 Å². The van der Waals surface area contributed by atoms with E-state index in [1.54, 1.807) is 19.1 Å². The molecule has 0 saturated carbocycles. The second-order valence-corrected chi connectivity index (χ2v) is 3.78. The van der Waals surface area contributed by atoms with Crippen molar-refractivity contribution in [3.63, 3.8) is 0 Å². The molecule has 6 nitrogen and oxygen atoms in total. The van der Waals surface area contributed by atoms with Crippen molar-refractivity contribution in [2.24, 2.45) is 5.73 Å². The minimum atomic E-state index is -0.677. The number of hydrogen-bond acceptors (Lipinski definition) is 4. The SMILES string of the molecule is Cc1ccc([N+](=O)[O-])cc1-c1ccc(C(N)=O)o1. The lowest BCUT2D eigenvalue weighted by atomic mass is 10.1. The molecular weight excluding hydrogens is 236 g/mol. The third kappa shape index (κ3) is 2.08. The molecule has 92 valence electrons. The van der Waals surface area contributed by atoms with Crippen LogP contribution in [0, 0.1) is 17.0 Å². The highest BCUT2D eigenvalue weighted by Crippen LogP contribution is 2.28. The predicted octanol–water partition coefficient (Wildman–Crippen LogP) is 2.26. The number of aryl methyl sites for hydroxylation is 1. The van der Waals surface area contributed by atoms with Crippen LogP contribution in [0.25, 0.3) is 11.3 Å². The lowest BCUT2D eigenvalue weighted by molar-refractivity contribution is -0.384. The summed E-state index contributed by atoms with van der Waals surface area (Å²) in [6.45, 7) is 1.80. The van der Waals surface area contributed by atoms with Crippen LogP contribution in [-0.4, -0.2) is 10.8 Å². The number of nitro groups is 1. The van der Waals surface area contributed by atoms with Crippen molar-refractivity contribution in [1.29, 1.82) is 0 Å². The maximum atomic E-state index is 10.9. The van der Waals surface area contributed by atoms with Crippen molar-refractivity contribution in [2.75, 3.05) is 0 Å². The molecule has 0 unspecified atom stereocenters. The van der Waals surface area contributed by atoms with Gasteiger partial charge in [0.1, 0.15) is 5.76 Å². The Morgan fingerprint density at radius 1 is 1.33 bits per heavy atom. The Labute approximate surface area is 102 Å². The van der Waals surface area contributed by atoms with Gasteiger partial charge < -0.3 is 10.2 Å². The normalized spacial score (nSPS) is 10.3. The Morgan fingerprint density at radius 3 is 2.61 bits per heavy atom. The second kappa shape index (κ2) is 4.33. The molecule has 6 heteroatoms. The quantitative estimate of drug-likeness (QED) is 0.663. The Bertz CT molecular complexity index is 631. The Kier molecular flexibility index (Phi) is 2.85. The van der Waals surface area contributed by atoms with Gasteiger partial charge in [-0.3, -0.25) is 14.9 Å². The molecule has 2 rings (SSSR count). The first-order valence-electron chi connectivity index (χ1n) is 5.14. The van der Waals surface area contributed by atoms with Gasteiger partial charge in [-0.05, 0) is 24.6 Å². The first-order chi connectivity index (χ1) is 8.49. The van der Waals surface area contributed by atoms with E-state index in [2.05, 4.69) is 0 Å². The van der Waals surface area contributed by atoms with Crippen LogP contribution >= 0.6 is 0 Å². The maximum absolute atomic E-state index is 10.9. The molecule has 0 spiro atoms. The van der Waals surface area contributed by atoms with Gasteiger partial charge in [0.05, 0.1) is 4.92 Å². The van der Waals surface area contributed by atoms with Gasteiger partial charge in [0.25, 0.3) is 11.6 Å². The first-order valence-corrected chi connectivity index (χ1v) is 5.14. The maximum Gasteiger partial charge on any atom is 0.284 e. The smallest absolute Gasteiger partial charge is 0.284 e. The number of amides is 1. The highest BCUT2D eigenvalue weighted by molar-refractivity contribution is 5.90. The molecule has 18 heavy (non-hydrogen) atoms. The molecule has 2 N–H and O–H groups in total. The lowest BCUT2D eigenvalue weighted by Gasteiger charge is -2.02. The Hall–Kier alpha value is -2.63. The number of non-ortho nitro benzene ring substituents is 1. The van der Waals surface area contributed by atoms with Gasteiger partial charge in [-0.25, -0.2) is 0 Å². The van der Waals surface area contributed by atoms with E-state index in [-0.39, 0.29) is 11.4 Å². The standard InChI is InChI=1S/C12H10N2O4/c1-7-2-3-8(14(16)17)6-9(7)10-4-5-11(18-10)12(13)15/h2-6H,1H3,(H2,13,15). The van der Waals surface area contributed by atoms with E-state index < -0.39 is 10.8 Å². The molecule has 2 aromatic rings. The molecule has 0 atom stereocenters. The minimum Gasteiger partial charge on any atom is -0.451 e. The number of primary amides is 1. The van der Waals surface area contributed by atoms with Crippen LogP contribution in [0.1, 0.15) is 16.1 Å². The largest absolute Gasteiger partial charge is 0.451 e. The number of furan rings is 1. The second-order valence-electron chi connectivity index (χ2n) is 3.78. The van der Waals surface area contributed by atoms with Crippen molar-refractivity contribution in [1.82, 2.24) is 0 Å². The number of carbonyl (C=O) groups excluding carboxylic acids is 1. The summed E-state index contributed by atoms with van der Waals surface area (Å²) >= 11 is 0. The zero-order valence-electron chi connectivity index (χ0n) is 9.54. The summed E-state index contributed by atoms with van der Waals surface area (Å²) < 4.78 is 5.25. The molecule has 0 radical (unpaired) electrons. The Balaban J connectivity index is 2.51. The molecule has 1 aromatic heterocycles. The fraction of sp³-hybridized carbons (Fsp3) is 0.0833. The summed E-state index contributed by atoms with van der Waals surface area (Å²) in [5.41, 5.74) is 6.42. The van der Waals surface area contributed by atoms with Crippen LogP contribution in [0.5, 0.6) is 0 Å². The summed E-state index contributed by atoms with van der Waals surface area (Å²) in [4.78, 5) is 21.2. The molecule has 0 fully saturated rings. The number of nitrogens with two attached hydrogens (primary N) is 1. The van der Waals surface area contributed by atoms with Crippen LogP contribution < -0.4 is 5.73 Å². The summed E-state index contributed by atoms with van der Waals surface area (Å²) in [6, 6.07) is 7.44. The highest BCUT2D eigenvalue weighted by Gasteiger charge is 2.14. The van der Waals surface area contributed by atoms with Crippen molar-refractivity contribution in [2.45, 2.75) is 6.92 Å². The third-order valence-electron chi connectivity index (χ3n) is 2.55. The van der Waals surface area contributed by atoms with Gasteiger partial charge in [-0.2, -0.15) is 0 Å². The van der Waals surface area contributed by atoms with E-state index in [0.717, 1.165) is 5.56 Å². The molecule has 0 bridgehead atoms. The van der Waals surface area contributed by atoms with Crippen LogP contribution in [0.2, 0.25) is 0 Å². The molecule has 0 aliphatic rings. The molecule has 1 amide bonds. The van der Waals surface area contributed by atoms with E-state index in [1.165, 1.54) is 18.2 Å². The van der Waals surface area contributed by atoms with Gasteiger partial charge in [0, 0.05) is 17.7 Å². The summed E-state index contributed by atoms with van der Waals surface area (Å²) in [7, 11) is 0. The number of benzene rings is 1. The average molecular weight is 246 g/mol. The molecule has 1 aromatic carbocycles. The minimum absolute atomic E-state index is 0.0240. The van der Waals surface area contributed by atoms with E-state index >= 15 is 0 Å². The predicted molar refractivity (Wildman–Crippen MR) is 64.1 cm³/mol. The molecule has 0 saturated heterocycles. The first kappa shape index (κ1) is 11.8. The van der Waals surface area contributed by atoms with Gasteiger partial charge in [0.2, 0.25) is 0 Å². The molecular formula is C12H10N2O4. The monoisotopic (exact) mass is 246 g/mol. The third-order valence-corrected chi connectivity index (χ3v) is 2.55. The van der Waals surface area contributed by atoms with Gasteiger partial charge in [0.15, 0.2) is 5.76 Å². The molecule has 1 heterocycles. The van der Waals surface area contributed by atoms with E-state index in [9.17, 15) is 14.9 Å². The number of hydrogen-bond donors (Lipinski definition) is 1. The van der Waals surface area contributed by atoms with Crippen molar-refractivity contribution in [3.05, 3.63) is 51.8 Å². The average Bonchev–Trinajstić information content (AvgIpc) is 2.78. The molecule has 0 aliphatic carbocycles. The fourth-order valence-electron chi connectivity index (χ4n) is 1.60. The Morgan fingerprint density at radius 2 is 2.06 bits per heavy atom. The number of carbonyl (C=O) groups is 1. The van der Waals surface area contributed by atoms with Crippen molar-refractivity contribution < 1.29 is 14.1 Å². The van der Waals surface area contributed by atoms with Crippen LogP contribution in [-0.2, 0) is 0 Å². The van der Waals surface area contributed by atoms with Gasteiger partial charge in [-0.1, -0.05) is 6.07 Å². The zero-order valence-corrected chi connectivity index (χ0v) is 9.54. The summed E-state index contributed by atoms with van der Waals surface area (Å²) in [5.74, 6) is -0.273.